The summed E-state index contributed by atoms with van der Waals surface area (Å²) in [5.41, 5.74) is 2.80. The standard InChI is InChI=1S/C21H28N4O3/c1-5-18(20(26)27-4)23-21(22-3)25-11-9-24(10-12-25)15(2)17-7-6-16-8-13-28-19(16)14-17/h5-7,14-15H,3,8-13H2,1-2,4H3/b18-5-,23-21?. The molecule has 2 aliphatic rings. The van der Waals surface area contributed by atoms with Crippen LogP contribution in [-0.2, 0) is 16.0 Å². The van der Waals surface area contributed by atoms with E-state index in [0.717, 1.165) is 45.0 Å². The monoisotopic (exact) mass is 384 g/mol. The van der Waals surface area contributed by atoms with Gasteiger partial charge in [-0.15, -0.1) is 0 Å². The summed E-state index contributed by atoms with van der Waals surface area (Å²) >= 11 is 0. The Labute approximate surface area is 166 Å². The van der Waals surface area contributed by atoms with E-state index in [0.29, 0.717) is 12.0 Å². The molecule has 1 saturated heterocycles. The minimum absolute atomic E-state index is 0.235. The Morgan fingerprint density at radius 1 is 1.32 bits per heavy atom. The highest BCUT2D eigenvalue weighted by atomic mass is 16.5. The number of carbonyl (C=O) groups excluding carboxylic acids is 1. The van der Waals surface area contributed by atoms with Crippen molar-refractivity contribution < 1.29 is 14.3 Å². The van der Waals surface area contributed by atoms with Gasteiger partial charge in [0.1, 0.15) is 11.4 Å². The van der Waals surface area contributed by atoms with Crippen LogP contribution in [0.5, 0.6) is 5.75 Å². The summed E-state index contributed by atoms with van der Waals surface area (Å²) in [6.45, 7) is 11.6. The molecule has 1 aromatic carbocycles. The van der Waals surface area contributed by atoms with E-state index >= 15 is 0 Å². The molecule has 1 atom stereocenters. The highest BCUT2D eigenvalue weighted by molar-refractivity contribution is 5.94. The van der Waals surface area contributed by atoms with Gasteiger partial charge in [0, 0.05) is 38.6 Å². The number of allylic oxidation sites excluding steroid dienone is 1. The number of hydrogen-bond donors (Lipinski definition) is 0. The molecule has 7 nitrogen and oxygen atoms in total. The zero-order valence-electron chi connectivity index (χ0n) is 16.9. The Balaban J connectivity index is 1.64. The minimum Gasteiger partial charge on any atom is -0.493 e. The first-order valence-electron chi connectivity index (χ1n) is 9.62. The molecular weight excluding hydrogens is 356 g/mol. The van der Waals surface area contributed by atoms with E-state index in [-0.39, 0.29) is 5.70 Å². The smallest absolute Gasteiger partial charge is 0.356 e. The van der Waals surface area contributed by atoms with E-state index in [1.165, 1.54) is 18.2 Å². The number of fused-ring (bicyclic) bond motifs is 1. The SMILES string of the molecule is C=NC(=N/C(=C\C)C(=O)OC)N1CCN(C(C)c2ccc3c(c2)OCC3)CC1. The van der Waals surface area contributed by atoms with Crippen molar-refractivity contribution in [2.24, 2.45) is 9.98 Å². The molecule has 28 heavy (non-hydrogen) atoms. The van der Waals surface area contributed by atoms with Crippen LogP contribution in [-0.4, -0.2) is 68.3 Å². The van der Waals surface area contributed by atoms with Crippen molar-refractivity contribution in [3.05, 3.63) is 41.1 Å². The van der Waals surface area contributed by atoms with E-state index in [9.17, 15) is 4.79 Å². The van der Waals surface area contributed by atoms with Gasteiger partial charge < -0.3 is 14.4 Å². The number of benzene rings is 1. The fourth-order valence-electron chi connectivity index (χ4n) is 3.61. The van der Waals surface area contributed by atoms with Crippen molar-refractivity contribution >= 4 is 18.6 Å². The Hall–Kier alpha value is -2.67. The lowest BCUT2D eigenvalue weighted by atomic mass is 10.0. The van der Waals surface area contributed by atoms with Gasteiger partial charge in [-0.3, -0.25) is 4.90 Å². The van der Waals surface area contributed by atoms with Crippen LogP contribution < -0.4 is 4.74 Å². The molecule has 0 amide bonds. The molecule has 0 saturated carbocycles. The Bertz CT molecular complexity index is 795. The first-order chi connectivity index (χ1) is 13.6. The van der Waals surface area contributed by atoms with Crippen LogP contribution in [0.4, 0.5) is 0 Å². The second kappa shape index (κ2) is 9.01. The number of esters is 1. The Morgan fingerprint density at radius 3 is 2.71 bits per heavy atom. The quantitative estimate of drug-likeness (QED) is 0.345. The summed E-state index contributed by atoms with van der Waals surface area (Å²) in [6.07, 6.45) is 2.62. The molecule has 0 spiro atoms. The molecule has 0 radical (unpaired) electrons. The summed E-state index contributed by atoms with van der Waals surface area (Å²) in [5, 5.41) is 0. The van der Waals surface area contributed by atoms with Gasteiger partial charge in [0.2, 0.25) is 5.96 Å². The molecule has 1 unspecified atom stereocenters. The lowest BCUT2D eigenvalue weighted by molar-refractivity contribution is -0.136. The van der Waals surface area contributed by atoms with Crippen LogP contribution in [0.2, 0.25) is 0 Å². The highest BCUT2D eigenvalue weighted by Crippen LogP contribution is 2.31. The van der Waals surface area contributed by atoms with E-state index < -0.39 is 5.97 Å². The maximum atomic E-state index is 11.8. The maximum absolute atomic E-state index is 11.8. The topological polar surface area (TPSA) is 66.7 Å². The molecule has 0 aliphatic carbocycles. The Morgan fingerprint density at radius 2 is 2.07 bits per heavy atom. The third-order valence-corrected chi connectivity index (χ3v) is 5.38. The normalized spacial score (nSPS) is 19.0. The molecule has 0 N–H and O–H groups in total. The van der Waals surface area contributed by atoms with Crippen molar-refractivity contribution in [2.45, 2.75) is 26.3 Å². The predicted octanol–water partition coefficient (Wildman–Crippen LogP) is 2.43. The summed E-state index contributed by atoms with van der Waals surface area (Å²) in [5.74, 6) is 1.00. The fraction of sp³-hybridized carbons (Fsp3) is 0.476. The van der Waals surface area contributed by atoms with Crippen LogP contribution in [0.25, 0.3) is 0 Å². The van der Waals surface area contributed by atoms with Gasteiger partial charge in [0.25, 0.3) is 0 Å². The number of carbonyl (C=O) groups is 1. The largest absolute Gasteiger partial charge is 0.493 e. The summed E-state index contributed by atoms with van der Waals surface area (Å²) in [4.78, 5) is 24.6. The van der Waals surface area contributed by atoms with Crippen molar-refractivity contribution in [3.63, 3.8) is 0 Å². The van der Waals surface area contributed by atoms with Gasteiger partial charge in [-0.25, -0.2) is 14.8 Å². The molecule has 0 aromatic heterocycles. The number of methoxy groups -OCH3 is 1. The molecule has 1 fully saturated rings. The zero-order valence-corrected chi connectivity index (χ0v) is 16.9. The summed E-state index contributed by atoms with van der Waals surface area (Å²) < 4.78 is 10.5. The number of hydrogen-bond acceptors (Lipinski definition) is 5. The first-order valence-corrected chi connectivity index (χ1v) is 9.62. The number of piperazine rings is 1. The Kier molecular flexibility index (Phi) is 6.46. The van der Waals surface area contributed by atoms with E-state index in [2.05, 4.69) is 51.6 Å². The summed E-state index contributed by atoms with van der Waals surface area (Å²) in [7, 11) is 1.34. The fourth-order valence-corrected chi connectivity index (χ4v) is 3.61. The molecule has 2 aliphatic heterocycles. The molecule has 2 heterocycles. The van der Waals surface area contributed by atoms with Gasteiger partial charge in [-0.1, -0.05) is 18.2 Å². The average Bonchev–Trinajstić information content (AvgIpc) is 3.21. The third kappa shape index (κ3) is 4.25. The molecule has 1 aromatic rings. The van der Waals surface area contributed by atoms with Gasteiger partial charge in [0.15, 0.2) is 0 Å². The first kappa shape index (κ1) is 20.1. The van der Waals surface area contributed by atoms with Gasteiger partial charge in [-0.2, -0.15) is 0 Å². The predicted molar refractivity (Wildman–Crippen MR) is 110 cm³/mol. The lowest BCUT2D eigenvalue weighted by Gasteiger charge is -2.38. The van der Waals surface area contributed by atoms with Crippen LogP contribution in [0, 0.1) is 0 Å². The molecule has 3 rings (SSSR count). The second-order valence-corrected chi connectivity index (χ2v) is 6.90. The van der Waals surface area contributed by atoms with Crippen molar-refractivity contribution in [2.75, 3.05) is 39.9 Å². The average molecular weight is 384 g/mol. The minimum atomic E-state index is -0.477. The number of rotatable bonds is 4. The van der Waals surface area contributed by atoms with E-state index in [1.54, 1.807) is 13.0 Å². The number of nitrogens with zero attached hydrogens (tertiary/aromatic N) is 4. The van der Waals surface area contributed by atoms with Crippen molar-refractivity contribution in [1.29, 1.82) is 0 Å². The molecule has 7 heteroatoms. The van der Waals surface area contributed by atoms with Crippen LogP contribution in [0.3, 0.4) is 0 Å². The highest BCUT2D eigenvalue weighted by Gasteiger charge is 2.25. The lowest BCUT2D eigenvalue weighted by Crippen LogP contribution is -2.49. The third-order valence-electron chi connectivity index (χ3n) is 5.38. The van der Waals surface area contributed by atoms with Crippen molar-refractivity contribution in [3.8, 4) is 5.75 Å². The molecule has 0 bridgehead atoms. The van der Waals surface area contributed by atoms with E-state index in [4.69, 9.17) is 9.47 Å². The number of ether oxygens (including phenoxy) is 2. The molecule has 150 valence electrons. The molecular formula is C21H28N4O3. The van der Waals surface area contributed by atoms with E-state index in [1.807, 2.05) is 0 Å². The van der Waals surface area contributed by atoms with Crippen LogP contribution in [0.1, 0.15) is 31.0 Å². The van der Waals surface area contributed by atoms with Gasteiger partial charge >= 0.3 is 5.97 Å². The van der Waals surface area contributed by atoms with Gasteiger partial charge in [0.05, 0.1) is 13.7 Å². The second-order valence-electron chi connectivity index (χ2n) is 6.90. The summed E-state index contributed by atoms with van der Waals surface area (Å²) in [6, 6.07) is 6.86. The van der Waals surface area contributed by atoms with Crippen molar-refractivity contribution in [1.82, 2.24) is 9.80 Å². The maximum Gasteiger partial charge on any atom is 0.356 e. The van der Waals surface area contributed by atoms with Gasteiger partial charge in [-0.05, 0) is 37.8 Å². The van der Waals surface area contributed by atoms with Crippen LogP contribution >= 0.6 is 0 Å². The number of guanidine groups is 1. The van der Waals surface area contributed by atoms with Crippen LogP contribution in [0.15, 0.2) is 40.0 Å². The number of aliphatic imine (C=N–C) groups is 2. The zero-order chi connectivity index (χ0) is 20.1.